The number of aromatic nitrogens is 2. The number of nitrogens with zero attached hydrogens (tertiary/aromatic N) is 2. The lowest BCUT2D eigenvalue weighted by atomic mass is 10.0. The molecular formula is C16H15BrN2O2S. The van der Waals surface area contributed by atoms with Crippen LogP contribution in [0, 0.1) is 6.92 Å². The number of hydrogen-bond acceptors (Lipinski definition) is 4. The Bertz CT molecular complexity index is 885. The predicted octanol–water partition coefficient (Wildman–Crippen LogP) is 3.84. The van der Waals surface area contributed by atoms with Gasteiger partial charge < -0.3 is 4.74 Å². The number of methoxy groups -OCH3 is 1. The average molecular weight is 379 g/mol. The van der Waals surface area contributed by atoms with Crippen LogP contribution in [0.3, 0.4) is 0 Å². The maximum atomic E-state index is 12.7. The first-order chi connectivity index (χ1) is 10.6. The van der Waals surface area contributed by atoms with Gasteiger partial charge in [0.1, 0.15) is 4.83 Å². The first-order valence-electron chi connectivity index (χ1n) is 6.84. The minimum Gasteiger partial charge on any atom is -0.383 e. The molecule has 3 aromatic rings. The highest BCUT2D eigenvalue weighted by Crippen LogP contribution is 2.35. The average Bonchev–Trinajstić information content (AvgIpc) is 2.94. The van der Waals surface area contributed by atoms with Gasteiger partial charge in [0.2, 0.25) is 0 Å². The fourth-order valence-electron chi connectivity index (χ4n) is 2.36. The standard InChI is InChI=1S/C16H15BrN2O2S/c1-10-3-4-13(17)11(7-10)12-8-22-15-14(12)16(20)19(9-18-15)5-6-21-2/h3-4,7-9H,5-6H2,1-2H3. The van der Waals surface area contributed by atoms with E-state index in [1.807, 2.05) is 24.4 Å². The number of hydrogen-bond donors (Lipinski definition) is 0. The normalized spacial score (nSPS) is 11.2. The Kier molecular flexibility index (Phi) is 4.42. The molecule has 0 amide bonds. The molecule has 4 nitrogen and oxygen atoms in total. The summed E-state index contributed by atoms with van der Waals surface area (Å²) < 4.78 is 7.63. The summed E-state index contributed by atoms with van der Waals surface area (Å²) in [6, 6.07) is 6.13. The van der Waals surface area contributed by atoms with Crippen LogP contribution in [0.4, 0.5) is 0 Å². The Morgan fingerprint density at radius 3 is 2.95 bits per heavy atom. The van der Waals surface area contributed by atoms with Crippen molar-refractivity contribution in [1.29, 1.82) is 0 Å². The zero-order valence-corrected chi connectivity index (χ0v) is 14.7. The monoisotopic (exact) mass is 378 g/mol. The number of ether oxygens (including phenoxy) is 1. The van der Waals surface area contributed by atoms with E-state index in [2.05, 4.69) is 27.0 Å². The van der Waals surface area contributed by atoms with Crippen LogP contribution in [0.1, 0.15) is 5.56 Å². The quantitative estimate of drug-likeness (QED) is 0.692. The molecule has 0 aliphatic rings. The van der Waals surface area contributed by atoms with E-state index in [0.29, 0.717) is 18.5 Å². The number of thiophene rings is 1. The molecule has 2 heterocycles. The first-order valence-corrected chi connectivity index (χ1v) is 8.51. The number of halogens is 1. The predicted molar refractivity (Wildman–Crippen MR) is 93.6 cm³/mol. The van der Waals surface area contributed by atoms with Crippen molar-refractivity contribution in [3.05, 3.63) is 50.3 Å². The summed E-state index contributed by atoms with van der Waals surface area (Å²) in [5.41, 5.74) is 3.09. The van der Waals surface area contributed by atoms with E-state index < -0.39 is 0 Å². The van der Waals surface area contributed by atoms with Crippen molar-refractivity contribution in [1.82, 2.24) is 9.55 Å². The van der Waals surface area contributed by atoms with Crippen molar-refractivity contribution in [2.75, 3.05) is 13.7 Å². The Balaban J connectivity index is 2.22. The van der Waals surface area contributed by atoms with E-state index in [1.165, 1.54) is 11.3 Å². The number of rotatable bonds is 4. The Morgan fingerprint density at radius 1 is 1.36 bits per heavy atom. The second-order valence-corrected chi connectivity index (χ2v) is 6.76. The van der Waals surface area contributed by atoms with Gasteiger partial charge in [-0.3, -0.25) is 9.36 Å². The molecule has 0 bridgehead atoms. The van der Waals surface area contributed by atoms with Crippen molar-refractivity contribution >= 4 is 37.5 Å². The van der Waals surface area contributed by atoms with Crippen LogP contribution >= 0.6 is 27.3 Å². The van der Waals surface area contributed by atoms with Crippen molar-refractivity contribution in [2.24, 2.45) is 0 Å². The molecule has 0 N–H and O–H groups in total. The fraction of sp³-hybridized carbons (Fsp3) is 0.250. The molecule has 3 rings (SSSR count). The van der Waals surface area contributed by atoms with Gasteiger partial charge in [-0.05, 0) is 18.6 Å². The summed E-state index contributed by atoms with van der Waals surface area (Å²) >= 11 is 5.07. The van der Waals surface area contributed by atoms with E-state index >= 15 is 0 Å². The molecular weight excluding hydrogens is 364 g/mol. The van der Waals surface area contributed by atoms with Crippen molar-refractivity contribution < 1.29 is 4.74 Å². The van der Waals surface area contributed by atoms with Gasteiger partial charge in [-0.2, -0.15) is 0 Å². The van der Waals surface area contributed by atoms with Crippen LogP contribution in [0.25, 0.3) is 21.3 Å². The highest BCUT2D eigenvalue weighted by Gasteiger charge is 2.15. The Morgan fingerprint density at radius 2 is 2.18 bits per heavy atom. The molecule has 114 valence electrons. The summed E-state index contributed by atoms with van der Waals surface area (Å²) in [7, 11) is 1.62. The molecule has 0 atom stereocenters. The van der Waals surface area contributed by atoms with Crippen LogP contribution < -0.4 is 5.56 Å². The van der Waals surface area contributed by atoms with Gasteiger partial charge in [-0.15, -0.1) is 11.3 Å². The summed E-state index contributed by atoms with van der Waals surface area (Å²) in [6.07, 6.45) is 1.59. The molecule has 0 aliphatic carbocycles. The minimum atomic E-state index is -0.0216. The van der Waals surface area contributed by atoms with Gasteiger partial charge >= 0.3 is 0 Å². The van der Waals surface area contributed by atoms with Crippen LogP contribution in [-0.2, 0) is 11.3 Å². The zero-order valence-electron chi connectivity index (χ0n) is 12.3. The summed E-state index contributed by atoms with van der Waals surface area (Å²) in [5, 5.41) is 2.68. The topological polar surface area (TPSA) is 44.1 Å². The summed E-state index contributed by atoms with van der Waals surface area (Å²) in [6.45, 7) is 3.03. The largest absolute Gasteiger partial charge is 0.383 e. The molecule has 1 aromatic carbocycles. The molecule has 0 fully saturated rings. The molecule has 0 radical (unpaired) electrons. The van der Waals surface area contributed by atoms with Crippen molar-refractivity contribution in [3.8, 4) is 11.1 Å². The molecule has 0 saturated carbocycles. The van der Waals surface area contributed by atoms with Crippen LogP contribution in [0.15, 0.2) is 39.2 Å². The highest BCUT2D eigenvalue weighted by molar-refractivity contribution is 9.10. The van der Waals surface area contributed by atoms with Gasteiger partial charge in [-0.25, -0.2) is 4.98 Å². The molecule has 0 spiro atoms. The van der Waals surface area contributed by atoms with E-state index in [1.54, 1.807) is 18.0 Å². The van der Waals surface area contributed by atoms with Gasteiger partial charge in [0.05, 0.1) is 24.9 Å². The lowest BCUT2D eigenvalue weighted by Gasteiger charge is -2.07. The zero-order chi connectivity index (χ0) is 15.7. The van der Waals surface area contributed by atoms with E-state index in [9.17, 15) is 4.79 Å². The van der Waals surface area contributed by atoms with Crippen molar-refractivity contribution in [2.45, 2.75) is 13.5 Å². The third kappa shape index (κ3) is 2.74. The van der Waals surface area contributed by atoms with Crippen molar-refractivity contribution in [3.63, 3.8) is 0 Å². The first kappa shape index (κ1) is 15.4. The number of benzene rings is 1. The molecule has 22 heavy (non-hydrogen) atoms. The van der Waals surface area contributed by atoms with Gasteiger partial charge in [0.15, 0.2) is 0 Å². The van der Waals surface area contributed by atoms with E-state index in [0.717, 1.165) is 26.0 Å². The maximum absolute atomic E-state index is 12.7. The molecule has 0 unspecified atom stereocenters. The molecule has 6 heteroatoms. The Labute approximate surface area is 140 Å². The number of aryl methyl sites for hydroxylation is 1. The third-order valence-corrected chi connectivity index (χ3v) is 5.09. The molecule has 0 aliphatic heterocycles. The second kappa shape index (κ2) is 6.32. The Hall–Kier alpha value is -1.50. The van der Waals surface area contributed by atoms with Crippen LogP contribution in [0.2, 0.25) is 0 Å². The van der Waals surface area contributed by atoms with Crippen LogP contribution in [0.5, 0.6) is 0 Å². The third-order valence-electron chi connectivity index (χ3n) is 3.51. The summed E-state index contributed by atoms with van der Waals surface area (Å²) in [5.74, 6) is 0. The molecule has 0 saturated heterocycles. The lowest BCUT2D eigenvalue weighted by Crippen LogP contribution is -2.22. The van der Waals surface area contributed by atoms with E-state index in [4.69, 9.17) is 4.74 Å². The van der Waals surface area contributed by atoms with Crippen LogP contribution in [-0.4, -0.2) is 23.3 Å². The summed E-state index contributed by atoms with van der Waals surface area (Å²) in [4.78, 5) is 17.9. The minimum absolute atomic E-state index is 0.0216. The number of fused-ring (bicyclic) bond motifs is 1. The molecule has 2 aromatic heterocycles. The lowest BCUT2D eigenvalue weighted by molar-refractivity contribution is 0.186. The van der Waals surface area contributed by atoms with Gasteiger partial charge in [-0.1, -0.05) is 33.6 Å². The fourth-order valence-corrected chi connectivity index (χ4v) is 3.72. The highest BCUT2D eigenvalue weighted by atomic mass is 79.9. The smallest absolute Gasteiger partial charge is 0.262 e. The second-order valence-electron chi connectivity index (χ2n) is 5.05. The van der Waals surface area contributed by atoms with E-state index in [-0.39, 0.29) is 5.56 Å². The van der Waals surface area contributed by atoms with Gasteiger partial charge in [0, 0.05) is 22.5 Å². The SMILES string of the molecule is COCCn1cnc2scc(-c3cc(C)ccc3Br)c2c1=O. The maximum Gasteiger partial charge on any atom is 0.262 e. The van der Waals surface area contributed by atoms with Gasteiger partial charge in [0.25, 0.3) is 5.56 Å².